The highest BCUT2D eigenvalue weighted by Gasteiger charge is 2.31. The Morgan fingerprint density at radius 2 is 1.75 bits per heavy atom. The molecule has 5 nitrogen and oxygen atoms in total. The number of benzene rings is 2. The monoisotopic (exact) mass is 474 g/mol. The Morgan fingerprint density at radius 1 is 0.969 bits per heavy atom. The first-order valence-electron chi connectivity index (χ1n) is 11.0. The average molecular weight is 475 g/mol. The van der Waals surface area contributed by atoms with Gasteiger partial charge >= 0.3 is 0 Å². The molecule has 0 aromatic heterocycles. The molecule has 32 heavy (non-hydrogen) atoms. The van der Waals surface area contributed by atoms with Crippen molar-refractivity contribution in [3.8, 4) is 11.5 Å². The molecule has 2 aliphatic rings. The number of hydrogen-bond acceptors (Lipinski definition) is 4. The molecule has 4 rings (SSSR count). The van der Waals surface area contributed by atoms with E-state index in [-0.39, 0.29) is 5.91 Å². The quantitative estimate of drug-likeness (QED) is 0.516. The second-order valence-corrected chi connectivity index (χ2v) is 9.08. The van der Waals surface area contributed by atoms with Gasteiger partial charge in [0.25, 0.3) is 5.91 Å². The molecule has 0 N–H and O–H groups in total. The van der Waals surface area contributed by atoms with Gasteiger partial charge in [-0.25, -0.2) is 0 Å². The van der Waals surface area contributed by atoms with Crippen LogP contribution in [0.1, 0.15) is 31.7 Å². The molecular weight excluding hydrogens is 447 g/mol. The maximum absolute atomic E-state index is 13.3. The zero-order valence-electron chi connectivity index (χ0n) is 18.5. The van der Waals surface area contributed by atoms with Gasteiger partial charge in [0.15, 0.2) is 11.5 Å². The molecule has 0 spiro atoms. The number of carbonyl (C=O) groups is 1. The van der Waals surface area contributed by atoms with E-state index in [0.717, 1.165) is 36.5 Å². The maximum atomic E-state index is 13.3. The van der Waals surface area contributed by atoms with Crippen molar-refractivity contribution in [2.75, 3.05) is 44.8 Å². The topological polar surface area (TPSA) is 42.0 Å². The Hall–Kier alpha value is -2.21. The Labute approximate surface area is 199 Å². The number of methoxy groups -OCH3 is 1. The van der Waals surface area contributed by atoms with E-state index in [1.807, 2.05) is 31.2 Å². The van der Waals surface area contributed by atoms with E-state index in [1.165, 1.54) is 19.3 Å². The molecule has 2 aliphatic heterocycles. The van der Waals surface area contributed by atoms with E-state index in [0.29, 0.717) is 40.3 Å². The number of hydrogen-bond donors (Lipinski definition) is 0. The minimum Gasteiger partial charge on any atom is -0.493 e. The molecule has 2 aromatic rings. The van der Waals surface area contributed by atoms with Gasteiger partial charge in [-0.2, -0.15) is 0 Å². The minimum absolute atomic E-state index is 0.0645. The fourth-order valence-corrected chi connectivity index (χ4v) is 4.65. The number of ether oxygens (including phenoxy) is 2. The third kappa shape index (κ3) is 4.90. The van der Waals surface area contributed by atoms with Crippen LogP contribution in [0.15, 0.2) is 42.0 Å². The van der Waals surface area contributed by atoms with Gasteiger partial charge in [0.1, 0.15) is 6.61 Å². The van der Waals surface area contributed by atoms with Gasteiger partial charge in [0.2, 0.25) is 0 Å². The highest BCUT2D eigenvalue weighted by Crippen LogP contribution is 2.37. The number of amides is 1. The first kappa shape index (κ1) is 23.0. The van der Waals surface area contributed by atoms with E-state index in [2.05, 4.69) is 4.90 Å². The van der Waals surface area contributed by atoms with Gasteiger partial charge in [-0.3, -0.25) is 9.69 Å². The van der Waals surface area contributed by atoms with Crippen LogP contribution >= 0.6 is 23.2 Å². The summed E-state index contributed by atoms with van der Waals surface area (Å²) in [5.41, 5.74) is 3.19. The lowest BCUT2D eigenvalue weighted by atomic mass is 10.0. The van der Waals surface area contributed by atoms with E-state index >= 15 is 0 Å². The van der Waals surface area contributed by atoms with Crippen molar-refractivity contribution in [2.24, 2.45) is 0 Å². The molecule has 0 bridgehead atoms. The van der Waals surface area contributed by atoms with Crippen LogP contribution in [0.4, 0.5) is 5.69 Å². The highest BCUT2D eigenvalue weighted by atomic mass is 35.5. The Balaban J connectivity index is 1.50. The van der Waals surface area contributed by atoms with Crippen LogP contribution in [0.25, 0.3) is 5.57 Å². The molecule has 1 amide bonds. The molecule has 170 valence electrons. The van der Waals surface area contributed by atoms with Gasteiger partial charge in [-0.1, -0.05) is 35.7 Å². The van der Waals surface area contributed by atoms with Gasteiger partial charge < -0.3 is 14.4 Å². The lowest BCUT2D eigenvalue weighted by molar-refractivity contribution is -0.112. The van der Waals surface area contributed by atoms with Crippen LogP contribution in [-0.2, 0) is 4.79 Å². The summed E-state index contributed by atoms with van der Waals surface area (Å²) in [6.45, 7) is 6.21. The lowest BCUT2D eigenvalue weighted by Crippen LogP contribution is -2.33. The molecule has 1 fully saturated rings. The molecule has 2 heterocycles. The molecule has 7 heteroatoms. The van der Waals surface area contributed by atoms with Crippen molar-refractivity contribution < 1.29 is 14.3 Å². The highest BCUT2D eigenvalue weighted by molar-refractivity contribution is 6.42. The first-order chi connectivity index (χ1) is 15.5. The molecule has 2 aromatic carbocycles. The number of anilines is 1. The fourth-order valence-electron chi connectivity index (χ4n) is 4.35. The van der Waals surface area contributed by atoms with Gasteiger partial charge in [-0.15, -0.1) is 0 Å². The Kier molecular flexibility index (Phi) is 7.29. The first-order valence-corrected chi connectivity index (χ1v) is 11.7. The second-order valence-electron chi connectivity index (χ2n) is 8.26. The summed E-state index contributed by atoms with van der Waals surface area (Å²) in [6.07, 6.45) is 3.82. The average Bonchev–Trinajstić information content (AvgIpc) is 3.10. The van der Waals surface area contributed by atoms with E-state index in [4.69, 9.17) is 32.7 Å². The number of likely N-dealkylation sites (tertiary alicyclic amines) is 1. The summed E-state index contributed by atoms with van der Waals surface area (Å²) in [5, 5.41) is 0.905. The number of piperidine rings is 1. The SMILES string of the molecule is COc1ccc(N2CC(C)=C(c3ccc(Cl)c(Cl)c3)C2=O)cc1OCCN1CCCCC1. The summed E-state index contributed by atoms with van der Waals surface area (Å²) >= 11 is 12.2. The predicted molar refractivity (Wildman–Crippen MR) is 130 cm³/mol. The molecule has 0 atom stereocenters. The minimum atomic E-state index is -0.0645. The molecule has 0 unspecified atom stereocenters. The molecule has 1 saturated heterocycles. The van der Waals surface area contributed by atoms with Gasteiger partial charge in [0.05, 0.1) is 17.2 Å². The van der Waals surface area contributed by atoms with Crippen molar-refractivity contribution in [2.45, 2.75) is 26.2 Å². The predicted octanol–water partition coefficient (Wildman–Crippen LogP) is 5.69. The van der Waals surface area contributed by atoms with Crippen LogP contribution < -0.4 is 14.4 Å². The zero-order valence-corrected chi connectivity index (χ0v) is 20.0. The molecule has 0 radical (unpaired) electrons. The van der Waals surface area contributed by atoms with E-state index in [9.17, 15) is 4.79 Å². The van der Waals surface area contributed by atoms with Crippen molar-refractivity contribution in [1.82, 2.24) is 4.90 Å². The van der Waals surface area contributed by atoms with Crippen molar-refractivity contribution in [3.05, 3.63) is 57.6 Å². The third-order valence-corrected chi connectivity index (χ3v) is 6.80. The fraction of sp³-hybridized carbons (Fsp3) is 0.400. The third-order valence-electron chi connectivity index (χ3n) is 6.06. The summed E-state index contributed by atoms with van der Waals surface area (Å²) in [7, 11) is 1.63. The van der Waals surface area contributed by atoms with Crippen LogP contribution in [0, 0.1) is 0 Å². The normalized spacial score (nSPS) is 17.2. The standard InChI is InChI=1S/C25H28Cl2N2O3/c1-17-16-29(25(30)24(17)18-6-8-20(26)21(27)14-18)19-7-9-22(31-2)23(15-19)32-13-12-28-10-4-3-5-11-28/h6-9,14-15H,3-5,10-13,16H2,1-2H3. The molecule has 0 saturated carbocycles. The van der Waals surface area contributed by atoms with Gasteiger partial charge in [-0.05, 0) is 68.3 Å². The lowest BCUT2D eigenvalue weighted by Gasteiger charge is -2.26. The number of nitrogens with zero attached hydrogens (tertiary/aromatic N) is 2. The van der Waals surface area contributed by atoms with E-state index in [1.54, 1.807) is 24.1 Å². The molecule has 0 aliphatic carbocycles. The van der Waals surface area contributed by atoms with E-state index < -0.39 is 0 Å². The maximum Gasteiger partial charge on any atom is 0.259 e. The summed E-state index contributed by atoms with van der Waals surface area (Å²) < 4.78 is 11.6. The number of carbonyl (C=O) groups excluding carboxylic acids is 1. The summed E-state index contributed by atoms with van der Waals surface area (Å²) in [5.74, 6) is 1.24. The van der Waals surface area contributed by atoms with Crippen LogP contribution in [0.2, 0.25) is 10.0 Å². The second kappa shape index (κ2) is 10.2. The zero-order chi connectivity index (χ0) is 22.7. The largest absolute Gasteiger partial charge is 0.493 e. The number of halogens is 2. The summed E-state index contributed by atoms with van der Waals surface area (Å²) in [4.78, 5) is 17.5. The van der Waals surface area contributed by atoms with Crippen LogP contribution in [0.5, 0.6) is 11.5 Å². The van der Waals surface area contributed by atoms with Crippen molar-refractivity contribution >= 4 is 40.4 Å². The summed E-state index contributed by atoms with van der Waals surface area (Å²) in [6, 6.07) is 10.9. The van der Waals surface area contributed by atoms with Gasteiger partial charge in [0, 0.05) is 30.4 Å². The Bertz CT molecular complexity index is 1030. The van der Waals surface area contributed by atoms with Crippen molar-refractivity contribution in [3.63, 3.8) is 0 Å². The Morgan fingerprint density at radius 3 is 2.47 bits per heavy atom. The van der Waals surface area contributed by atoms with Crippen molar-refractivity contribution in [1.29, 1.82) is 0 Å². The smallest absolute Gasteiger partial charge is 0.259 e. The van der Waals surface area contributed by atoms with Crippen LogP contribution in [-0.4, -0.2) is 50.7 Å². The molecular formula is C25H28Cl2N2O3. The van der Waals surface area contributed by atoms with Crippen LogP contribution in [0.3, 0.4) is 0 Å². The number of rotatable bonds is 7.